The van der Waals surface area contributed by atoms with E-state index in [4.69, 9.17) is 0 Å². The molecule has 0 fully saturated rings. The van der Waals surface area contributed by atoms with E-state index in [1.54, 1.807) is 7.05 Å². The summed E-state index contributed by atoms with van der Waals surface area (Å²) in [6.45, 7) is 0. The topological polar surface area (TPSA) is 80.1 Å². The van der Waals surface area contributed by atoms with Crippen molar-refractivity contribution in [2.24, 2.45) is 0 Å². The Bertz CT molecular complexity index is 666. The van der Waals surface area contributed by atoms with Crippen molar-refractivity contribution in [3.63, 3.8) is 0 Å². The first kappa shape index (κ1) is 14.2. The van der Waals surface area contributed by atoms with Gasteiger partial charge >= 0.3 is 0 Å². The number of hydrogen-bond acceptors (Lipinski definition) is 5. The molecule has 0 spiro atoms. The largest absolute Gasteiger partial charge is 0.373 e. The van der Waals surface area contributed by atoms with Crippen LogP contribution in [0.5, 0.6) is 0 Å². The molecule has 8 heteroatoms. The molecular weight excluding hydrogens is 331 g/mol. The number of aromatic nitrogens is 1. The summed E-state index contributed by atoms with van der Waals surface area (Å²) in [6.07, 6.45) is 0. The lowest BCUT2D eigenvalue weighted by Gasteiger charge is -2.09. The molecule has 20 heavy (non-hydrogen) atoms. The van der Waals surface area contributed by atoms with Gasteiger partial charge in [-0.25, -0.2) is 9.37 Å². The molecule has 1 aromatic carbocycles. The van der Waals surface area contributed by atoms with Crippen LogP contribution in [0, 0.1) is 15.9 Å². The van der Waals surface area contributed by atoms with Crippen LogP contribution in [0.3, 0.4) is 0 Å². The van der Waals surface area contributed by atoms with Crippen molar-refractivity contribution in [1.29, 1.82) is 0 Å². The minimum Gasteiger partial charge on any atom is -0.373 e. The van der Waals surface area contributed by atoms with Gasteiger partial charge in [-0.05, 0) is 34.1 Å². The zero-order chi connectivity index (χ0) is 14.7. The van der Waals surface area contributed by atoms with Crippen LogP contribution >= 0.6 is 15.9 Å². The second kappa shape index (κ2) is 5.83. The van der Waals surface area contributed by atoms with Gasteiger partial charge in [0, 0.05) is 11.5 Å². The van der Waals surface area contributed by atoms with Gasteiger partial charge in [-0.3, -0.25) is 10.1 Å². The third-order valence-corrected chi connectivity index (χ3v) is 3.16. The standard InChI is InChI=1S/C12H10BrFN4O2/c1-15-11-5-8(18(19)20)6-12(17-11)16-10-4-7(14)2-3-9(10)13/h2-6H,1H3,(H2,15,16,17). The summed E-state index contributed by atoms with van der Waals surface area (Å²) in [6, 6.07) is 6.69. The van der Waals surface area contributed by atoms with Gasteiger partial charge in [0.1, 0.15) is 17.5 Å². The first-order valence-electron chi connectivity index (χ1n) is 5.56. The average Bonchev–Trinajstić information content (AvgIpc) is 2.42. The molecule has 0 radical (unpaired) electrons. The highest BCUT2D eigenvalue weighted by Crippen LogP contribution is 2.28. The summed E-state index contributed by atoms with van der Waals surface area (Å²) in [4.78, 5) is 14.5. The lowest BCUT2D eigenvalue weighted by Crippen LogP contribution is -2.01. The van der Waals surface area contributed by atoms with Crippen molar-refractivity contribution in [2.45, 2.75) is 0 Å². The molecule has 0 amide bonds. The SMILES string of the molecule is CNc1cc([N+](=O)[O-])cc(Nc2cc(F)ccc2Br)n1. The molecule has 2 rings (SSSR count). The van der Waals surface area contributed by atoms with E-state index >= 15 is 0 Å². The maximum Gasteiger partial charge on any atom is 0.276 e. The van der Waals surface area contributed by atoms with E-state index in [2.05, 4.69) is 31.5 Å². The quantitative estimate of drug-likeness (QED) is 0.655. The number of benzene rings is 1. The number of halogens is 2. The van der Waals surface area contributed by atoms with E-state index in [9.17, 15) is 14.5 Å². The predicted molar refractivity (Wildman–Crippen MR) is 77.8 cm³/mol. The minimum absolute atomic E-state index is 0.112. The van der Waals surface area contributed by atoms with Gasteiger partial charge in [0.05, 0.1) is 22.7 Å². The van der Waals surface area contributed by atoms with Crippen molar-refractivity contribution >= 4 is 38.9 Å². The van der Waals surface area contributed by atoms with E-state index in [1.807, 2.05) is 0 Å². The summed E-state index contributed by atoms with van der Waals surface area (Å²) in [5, 5.41) is 16.4. The van der Waals surface area contributed by atoms with Crippen molar-refractivity contribution in [2.75, 3.05) is 17.7 Å². The van der Waals surface area contributed by atoms with Crippen LogP contribution in [0.4, 0.5) is 27.4 Å². The van der Waals surface area contributed by atoms with E-state index in [1.165, 1.54) is 30.3 Å². The molecule has 0 aliphatic heterocycles. The van der Waals surface area contributed by atoms with E-state index < -0.39 is 10.7 Å². The van der Waals surface area contributed by atoms with Crippen LogP contribution in [-0.2, 0) is 0 Å². The second-order valence-corrected chi connectivity index (χ2v) is 4.71. The van der Waals surface area contributed by atoms with Crippen LogP contribution in [0.25, 0.3) is 0 Å². The molecule has 0 bridgehead atoms. The van der Waals surface area contributed by atoms with Crippen molar-refractivity contribution in [3.8, 4) is 0 Å². The van der Waals surface area contributed by atoms with Crippen molar-refractivity contribution in [1.82, 2.24) is 4.98 Å². The molecule has 104 valence electrons. The molecule has 0 unspecified atom stereocenters. The van der Waals surface area contributed by atoms with Gasteiger partial charge in [-0.15, -0.1) is 0 Å². The van der Waals surface area contributed by atoms with Crippen molar-refractivity contribution < 1.29 is 9.31 Å². The fraction of sp³-hybridized carbons (Fsp3) is 0.0833. The lowest BCUT2D eigenvalue weighted by molar-refractivity contribution is -0.384. The molecule has 0 aliphatic rings. The van der Waals surface area contributed by atoms with Gasteiger partial charge in [-0.1, -0.05) is 0 Å². The fourth-order valence-electron chi connectivity index (χ4n) is 1.54. The van der Waals surface area contributed by atoms with Gasteiger partial charge in [-0.2, -0.15) is 0 Å². The molecule has 1 heterocycles. The molecule has 1 aromatic heterocycles. The Morgan fingerprint density at radius 3 is 2.65 bits per heavy atom. The molecule has 0 aliphatic carbocycles. The molecule has 0 saturated carbocycles. The highest BCUT2D eigenvalue weighted by Gasteiger charge is 2.12. The Balaban J connectivity index is 2.39. The smallest absolute Gasteiger partial charge is 0.276 e. The monoisotopic (exact) mass is 340 g/mol. The maximum atomic E-state index is 13.2. The number of nitrogens with one attached hydrogen (secondary N) is 2. The normalized spacial score (nSPS) is 10.2. The highest BCUT2D eigenvalue weighted by molar-refractivity contribution is 9.10. The first-order chi connectivity index (χ1) is 9.49. The summed E-state index contributed by atoms with van der Waals surface area (Å²) >= 11 is 3.26. The fourth-order valence-corrected chi connectivity index (χ4v) is 1.89. The highest BCUT2D eigenvalue weighted by atomic mass is 79.9. The number of nitro groups is 1. The van der Waals surface area contributed by atoms with Crippen LogP contribution in [0.1, 0.15) is 0 Å². The van der Waals surface area contributed by atoms with Crippen LogP contribution in [0.2, 0.25) is 0 Å². The molecule has 6 nitrogen and oxygen atoms in total. The van der Waals surface area contributed by atoms with Crippen molar-refractivity contribution in [3.05, 3.63) is 50.7 Å². The number of pyridine rings is 1. The van der Waals surface area contributed by atoms with E-state index in [0.717, 1.165) is 0 Å². The minimum atomic E-state index is -0.520. The predicted octanol–water partition coefficient (Wildman–Crippen LogP) is 3.68. The average molecular weight is 341 g/mol. The number of nitrogens with zero attached hydrogens (tertiary/aromatic N) is 2. The third kappa shape index (κ3) is 3.21. The Hall–Kier alpha value is -2.22. The first-order valence-corrected chi connectivity index (χ1v) is 6.35. The summed E-state index contributed by atoms with van der Waals surface area (Å²) in [5.74, 6) is 0.166. The maximum absolute atomic E-state index is 13.2. The molecule has 0 saturated heterocycles. The van der Waals surface area contributed by atoms with Gasteiger partial charge in [0.2, 0.25) is 0 Å². The molecule has 0 atom stereocenters. The number of rotatable bonds is 4. The summed E-state index contributed by atoms with van der Waals surface area (Å²) in [7, 11) is 1.61. The third-order valence-electron chi connectivity index (χ3n) is 2.47. The summed E-state index contributed by atoms with van der Waals surface area (Å²) in [5.41, 5.74) is 0.319. The van der Waals surface area contributed by atoms with E-state index in [0.29, 0.717) is 16.0 Å². The van der Waals surface area contributed by atoms with E-state index in [-0.39, 0.29) is 11.5 Å². The Labute approximate surface area is 122 Å². The number of anilines is 3. The Morgan fingerprint density at radius 1 is 1.30 bits per heavy atom. The Morgan fingerprint density at radius 2 is 2.00 bits per heavy atom. The Kier molecular flexibility index (Phi) is 4.14. The van der Waals surface area contributed by atoms with Crippen LogP contribution in [0.15, 0.2) is 34.8 Å². The van der Waals surface area contributed by atoms with Gasteiger partial charge in [0.15, 0.2) is 0 Å². The zero-order valence-corrected chi connectivity index (χ0v) is 11.9. The van der Waals surface area contributed by atoms with Crippen LogP contribution in [-0.4, -0.2) is 17.0 Å². The van der Waals surface area contributed by atoms with Gasteiger partial charge < -0.3 is 10.6 Å². The molecule has 2 N–H and O–H groups in total. The van der Waals surface area contributed by atoms with Gasteiger partial charge in [0.25, 0.3) is 5.69 Å². The number of hydrogen-bond donors (Lipinski definition) is 2. The second-order valence-electron chi connectivity index (χ2n) is 3.85. The molecular formula is C12H10BrFN4O2. The molecule has 2 aromatic rings. The van der Waals surface area contributed by atoms with Crippen LogP contribution < -0.4 is 10.6 Å². The lowest BCUT2D eigenvalue weighted by atomic mass is 10.3. The zero-order valence-electron chi connectivity index (χ0n) is 10.4. The summed E-state index contributed by atoms with van der Waals surface area (Å²) < 4.78 is 13.8.